The first kappa shape index (κ1) is 16.0. The minimum atomic E-state index is -4.45. The maximum absolute atomic E-state index is 12.8. The summed E-state index contributed by atoms with van der Waals surface area (Å²) in [5, 5.41) is 10.4. The van der Waals surface area contributed by atoms with E-state index in [2.05, 4.69) is 4.90 Å². The summed E-state index contributed by atoms with van der Waals surface area (Å²) in [6.45, 7) is 1.33. The lowest BCUT2D eigenvalue weighted by Gasteiger charge is -2.20. The summed E-state index contributed by atoms with van der Waals surface area (Å²) < 4.78 is 44.0. The van der Waals surface area contributed by atoms with Crippen molar-refractivity contribution in [2.24, 2.45) is 0 Å². The number of benzene rings is 1. The van der Waals surface area contributed by atoms with Crippen molar-refractivity contribution in [1.82, 2.24) is 4.90 Å². The van der Waals surface area contributed by atoms with Crippen LogP contribution in [-0.2, 0) is 6.18 Å². The van der Waals surface area contributed by atoms with Gasteiger partial charge in [0.1, 0.15) is 17.8 Å². The molecule has 2 rings (SSSR count). The predicted molar refractivity (Wildman–Crippen MR) is 74.1 cm³/mol. The van der Waals surface area contributed by atoms with Crippen molar-refractivity contribution in [3.63, 3.8) is 0 Å². The van der Waals surface area contributed by atoms with E-state index in [0.717, 1.165) is 31.5 Å². The summed E-state index contributed by atoms with van der Waals surface area (Å²) in [6.07, 6.45) is -2.40. The highest BCUT2D eigenvalue weighted by Crippen LogP contribution is 2.35. The molecular formula is C14H15F3N2OS. The number of hydrogen-bond donors (Lipinski definition) is 0. The number of nitrogens with zero attached hydrogens (tertiary/aromatic N) is 2. The molecule has 0 N–H and O–H groups in total. The fraction of sp³-hybridized carbons (Fsp3) is 0.500. The minimum absolute atomic E-state index is 0.155. The van der Waals surface area contributed by atoms with Crippen molar-refractivity contribution >= 4 is 11.8 Å². The van der Waals surface area contributed by atoms with E-state index in [1.807, 2.05) is 7.05 Å². The van der Waals surface area contributed by atoms with Gasteiger partial charge in [-0.2, -0.15) is 18.4 Å². The van der Waals surface area contributed by atoms with Crippen LogP contribution in [0.3, 0.4) is 0 Å². The quantitative estimate of drug-likeness (QED) is 0.626. The lowest BCUT2D eigenvalue weighted by atomic mass is 10.2. The van der Waals surface area contributed by atoms with Gasteiger partial charge in [-0.25, -0.2) is 0 Å². The smallest absolute Gasteiger partial charge is 0.416 e. The fourth-order valence-corrected chi connectivity index (χ4v) is 2.78. The molecule has 1 atom stereocenters. The molecule has 3 nitrogen and oxygen atoms in total. The van der Waals surface area contributed by atoms with Crippen molar-refractivity contribution in [3.05, 3.63) is 23.8 Å². The molecule has 0 aliphatic carbocycles. The summed E-state index contributed by atoms with van der Waals surface area (Å²) in [4.78, 5) is 2.38. The number of hydrogen-bond acceptors (Lipinski definition) is 4. The number of thiocyanates is 1. The Kier molecular flexibility index (Phi) is 5.01. The zero-order chi connectivity index (χ0) is 15.5. The lowest BCUT2D eigenvalue weighted by Crippen LogP contribution is -2.30. The van der Waals surface area contributed by atoms with Gasteiger partial charge in [0.05, 0.1) is 5.56 Å². The topological polar surface area (TPSA) is 36.3 Å². The Morgan fingerprint density at radius 2 is 2.19 bits per heavy atom. The second-order valence-electron chi connectivity index (χ2n) is 4.97. The molecule has 1 fully saturated rings. The number of halogens is 3. The zero-order valence-corrected chi connectivity index (χ0v) is 12.3. The first-order valence-electron chi connectivity index (χ1n) is 6.51. The van der Waals surface area contributed by atoms with Crippen LogP contribution in [0.2, 0.25) is 0 Å². The molecule has 0 saturated carbocycles. The third kappa shape index (κ3) is 4.29. The van der Waals surface area contributed by atoms with Crippen molar-refractivity contribution < 1.29 is 17.9 Å². The van der Waals surface area contributed by atoms with Crippen LogP contribution < -0.4 is 4.74 Å². The van der Waals surface area contributed by atoms with Gasteiger partial charge in [0.15, 0.2) is 0 Å². The molecule has 0 aromatic heterocycles. The number of alkyl halides is 3. The van der Waals surface area contributed by atoms with E-state index in [1.165, 1.54) is 6.07 Å². The van der Waals surface area contributed by atoms with Gasteiger partial charge >= 0.3 is 6.18 Å². The first-order chi connectivity index (χ1) is 9.90. The van der Waals surface area contributed by atoms with E-state index in [9.17, 15) is 13.2 Å². The standard InChI is InChI=1S/C14H15F3N2OS/c1-19-4-2-3-11(19)8-20-12-5-10(14(15,16)17)6-13(7-12)21-9-18/h5-7,11H,2-4,8H2,1H3/t11-/m1/s1. The number of nitriles is 1. The highest BCUT2D eigenvalue weighted by atomic mass is 32.2. The summed E-state index contributed by atoms with van der Waals surface area (Å²) in [5.74, 6) is 0.155. The van der Waals surface area contributed by atoms with Crippen LogP contribution in [0.4, 0.5) is 13.2 Å². The average molecular weight is 316 g/mol. The molecule has 0 spiro atoms. The molecule has 21 heavy (non-hydrogen) atoms. The van der Waals surface area contributed by atoms with Crippen LogP contribution >= 0.6 is 11.8 Å². The summed E-state index contributed by atoms with van der Waals surface area (Å²) in [5.41, 5.74) is -0.794. The maximum atomic E-state index is 12.8. The van der Waals surface area contributed by atoms with E-state index in [4.69, 9.17) is 10.00 Å². The number of thioether (sulfide) groups is 1. The number of rotatable bonds is 4. The van der Waals surface area contributed by atoms with E-state index in [0.29, 0.717) is 18.4 Å². The van der Waals surface area contributed by atoms with Gasteiger partial charge in [-0.3, -0.25) is 0 Å². The van der Waals surface area contributed by atoms with Crippen molar-refractivity contribution in [1.29, 1.82) is 5.26 Å². The Morgan fingerprint density at radius 1 is 1.43 bits per heavy atom. The van der Waals surface area contributed by atoms with Gasteiger partial charge < -0.3 is 9.64 Å². The third-order valence-electron chi connectivity index (χ3n) is 3.48. The highest BCUT2D eigenvalue weighted by molar-refractivity contribution is 8.03. The zero-order valence-electron chi connectivity index (χ0n) is 11.5. The normalized spacial score (nSPS) is 19.5. The third-order valence-corrected chi connectivity index (χ3v) is 4.05. The van der Waals surface area contributed by atoms with Crippen molar-refractivity contribution in [3.8, 4) is 11.2 Å². The molecule has 114 valence electrons. The number of likely N-dealkylation sites (tertiary alicyclic amines) is 1. The Morgan fingerprint density at radius 3 is 2.76 bits per heavy atom. The van der Waals surface area contributed by atoms with Gasteiger partial charge in [0, 0.05) is 10.9 Å². The summed E-state index contributed by atoms with van der Waals surface area (Å²) in [6, 6.07) is 3.64. The molecule has 0 amide bonds. The Balaban J connectivity index is 2.14. The summed E-state index contributed by atoms with van der Waals surface area (Å²) in [7, 11) is 1.98. The van der Waals surface area contributed by atoms with Crippen LogP contribution in [0.1, 0.15) is 18.4 Å². The molecular weight excluding hydrogens is 301 g/mol. The number of ether oxygens (including phenoxy) is 1. The molecule has 1 aromatic carbocycles. The van der Waals surface area contributed by atoms with E-state index < -0.39 is 11.7 Å². The van der Waals surface area contributed by atoms with Crippen LogP contribution in [-0.4, -0.2) is 31.1 Å². The van der Waals surface area contributed by atoms with Gasteiger partial charge in [0.2, 0.25) is 0 Å². The van der Waals surface area contributed by atoms with Gasteiger partial charge in [0.25, 0.3) is 0 Å². The molecule has 1 heterocycles. The number of likely N-dealkylation sites (N-methyl/N-ethyl adjacent to an activating group) is 1. The molecule has 1 aliphatic heterocycles. The van der Waals surface area contributed by atoms with E-state index in [1.54, 1.807) is 5.40 Å². The molecule has 0 unspecified atom stereocenters. The van der Waals surface area contributed by atoms with Crippen LogP contribution in [0.5, 0.6) is 5.75 Å². The van der Waals surface area contributed by atoms with Gasteiger partial charge in [-0.15, -0.1) is 0 Å². The average Bonchev–Trinajstić information content (AvgIpc) is 2.81. The monoisotopic (exact) mass is 316 g/mol. The van der Waals surface area contributed by atoms with Gasteiger partial charge in [-0.1, -0.05) is 0 Å². The Hall–Kier alpha value is -1.39. The first-order valence-corrected chi connectivity index (χ1v) is 7.33. The molecule has 1 aromatic rings. The van der Waals surface area contributed by atoms with Crippen molar-refractivity contribution in [2.75, 3.05) is 20.2 Å². The van der Waals surface area contributed by atoms with E-state index in [-0.39, 0.29) is 16.7 Å². The molecule has 1 saturated heterocycles. The molecule has 1 aliphatic rings. The molecule has 7 heteroatoms. The predicted octanol–water partition coefficient (Wildman–Crippen LogP) is 3.75. The van der Waals surface area contributed by atoms with Crippen LogP contribution in [0, 0.1) is 10.7 Å². The highest BCUT2D eigenvalue weighted by Gasteiger charge is 2.31. The lowest BCUT2D eigenvalue weighted by molar-refractivity contribution is -0.137. The van der Waals surface area contributed by atoms with Gasteiger partial charge in [-0.05, 0) is 56.4 Å². The second-order valence-corrected chi connectivity index (χ2v) is 5.83. The largest absolute Gasteiger partial charge is 0.492 e. The van der Waals surface area contributed by atoms with E-state index >= 15 is 0 Å². The fourth-order valence-electron chi connectivity index (χ4n) is 2.31. The Bertz CT molecular complexity index is 542. The Labute approximate surface area is 125 Å². The summed E-state index contributed by atoms with van der Waals surface area (Å²) >= 11 is 0.694. The van der Waals surface area contributed by atoms with Crippen LogP contribution in [0.25, 0.3) is 0 Å². The second kappa shape index (κ2) is 6.58. The molecule has 0 radical (unpaired) electrons. The van der Waals surface area contributed by atoms with Crippen molar-refractivity contribution in [2.45, 2.75) is 30.0 Å². The minimum Gasteiger partial charge on any atom is -0.492 e. The van der Waals surface area contributed by atoms with Crippen LogP contribution in [0.15, 0.2) is 23.1 Å². The molecule has 0 bridgehead atoms. The SMILES string of the molecule is CN1CCC[C@@H]1COc1cc(SC#N)cc(C(F)(F)F)c1. The maximum Gasteiger partial charge on any atom is 0.416 e.